The van der Waals surface area contributed by atoms with Crippen molar-refractivity contribution in [2.45, 2.75) is 19.9 Å². The van der Waals surface area contributed by atoms with Crippen molar-refractivity contribution in [3.05, 3.63) is 75.8 Å². The quantitative estimate of drug-likeness (QED) is 0.421. The molecule has 0 spiro atoms. The van der Waals surface area contributed by atoms with Gasteiger partial charge in [-0.3, -0.25) is 15.0 Å². The molecule has 1 aromatic heterocycles. The Morgan fingerprint density at radius 1 is 1.17 bits per heavy atom. The number of hydrogen-bond acceptors (Lipinski definition) is 4. The molecule has 1 fully saturated rings. The summed E-state index contributed by atoms with van der Waals surface area (Å²) in [7, 11) is 0. The molecule has 3 aromatic rings. The number of carbonyl (C=O) groups excluding carboxylic acids is 2. The first-order valence-corrected chi connectivity index (χ1v) is 10.9. The first-order valence-electron chi connectivity index (χ1n) is 9.29. The molecule has 1 aliphatic heterocycles. The number of nitrogens with zero attached hydrogens (tertiary/aromatic N) is 2. The lowest BCUT2D eigenvalue weighted by atomic mass is 10.1. The van der Waals surface area contributed by atoms with E-state index in [-0.39, 0.29) is 16.3 Å². The first-order chi connectivity index (χ1) is 14.3. The molecule has 0 atom stereocenters. The van der Waals surface area contributed by atoms with E-state index in [1.54, 1.807) is 24.3 Å². The van der Waals surface area contributed by atoms with Gasteiger partial charge in [0.15, 0.2) is 4.32 Å². The Morgan fingerprint density at radius 2 is 1.87 bits per heavy atom. The lowest BCUT2D eigenvalue weighted by Crippen LogP contribution is -2.44. The minimum atomic E-state index is -0.430. The SMILES string of the molecule is CC(C)n1cc(/C=C2/SC(=S)N(NC(=O)c3ccc(Cl)cc3)C2=O)c2ccccc21. The Bertz CT molecular complexity index is 1200. The van der Waals surface area contributed by atoms with Gasteiger partial charge < -0.3 is 4.57 Å². The molecule has 0 saturated carbocycles. The molecule has 1 N–H and O–H groups in total. The second kappa shape index (κ2) is 8.26. The zero-order valence-electron chi connectivity index (χ0n) is 16.3. The zero-order valence-corrected chi connectivity index (χ0v) is 18.6. The molecule has 0 aliphatic carbocycles. The van der Waals surface area contributed by atoms with Crippen LogP contribution >= 0.6 is 35.6 Å². The fraction of sp³-hybridized carbons (Fsp3) is 0.136. The van der Waals surface area contributed by atoms with Gasteiger partial charge in [-0.2, -0.15) is 5.01 Å². The van der Waals surface area contributed by atoms with Crippen molar-refractivity contribution in [3.63, 3.8) is 0 Å². The predicted molar refractivity (Wildman–Crippen MR) is 126 cm³/mol. The lowest BCUT2D eigenvalue weighted by molar-refractivity contribution is -0.123. The third-order valence-electron chi connectivity index (χ3n) is 4.73. The van der Waals surface area contributed by atoms with E-state index in [0.29, 0.717) is 15.5 Å². The summed E-state index contributed by atoms with van der Waals surface area (Å²) in [5.41, 5.74) is 5.01. The summed E-state index contributed by atoms with van der Waals surface area (Å²) in [6.45, 7) is 4.23. The topological polar surface area (TPSA) is 54.3 Å². The molecule has 152 valence electrons. The van der Waals surface area contributed by atoms with E-state index < -0.39 is 5.91 Å². The minimum absolute atomic E-state index is 0.279. The van der Waals surface area contributed by atoms with Gasteiger partial charge in [-0.05, 0) is 62.5 Å². The van der Waals surface area contributed by atoms with Crippen molar-refractivity contribution in [1.29, 1.82) is 0 Å². The van der Waals surface area contributed by atoms with Crippen molar-refractivity contribution in [2.75, 3.05) is 0 Å². The van der Waals surface area contributed by atoms with E-state index in [1.165, 1.54) is 11.8 Å². The molecule has 0 radical (unpaired) electrons. The van der Waals surface area contributed by atoms with Gasteiger partial charge >= 0.3 is 0 Å². The van der Waals surface area contributed by atoms with Gasteiger partial charge in [-0.15, -0.1) is 0 Å². The van der Waals surface area contributed by atoms with Crippen molar-refractivity contribution in [2.24, 2.45) is 0 Å². The van der Waals surface area contributed by atoms with Crippen LogP contribution in [0.1, 0.15) is 35.8 Å². The maximum absolute atomic E-state index is 12.9. The highest BCUT2D eigenvalue weighted by Crippen LogP contribution is 2.34. The molecule has 0 unspecified atom stereocenters. The number of nitrogens with one attached hydrogen (secondary N) is 1. The van der Waals surface area contributed by atoms with Crippen LogP contribution < -0.4 is 5.43 Å². The van der Waals surface area contributed by atoms with Crippen LogP contribution in [0.4, 0.5) is 0 Å². The average molecular weight is 456 g/mol. The van der Waals surface area contributed by atoms with Crippen LogP contribution in [0.25, 0.3) is 17.0 Å². The number of fused-ring (bicyclic) bond motifs is 1. The van der Waals surface area contributed by atoms with Crippen LogP contribution in [0.3, 0.4) is 0 Å². The van der Waals surface area contributed by atoms with E-state index in [2.05, 4.69) is 29.9 Å². The molecule has 1 aliphatic rings. The van der Waals surface area contributed by atoms with Crippen LogP contribution in [0.15, 0.2) is 59.6 Å². The third kappa shape index (κ3) is 3.88. The Balaban J connectivity index is 1.61. The van der Waals surface area contributed by atoms with Gasteiger partial charge in [-0.25, -0.2) is 0 Å². The van der Waals surface area contributed by atoms with Crippen molar-refractivity contribution < 1.29 is 9.59 Å². The number of aromatic nitrogens is 1. The summed E-state index contributed by atoms with van der Waals surface area (Å²) in [6, 6.07) is 14.8. The molecular formula is C22H18ClN3O2S2. The Labute approximate surface area is 188 Å². The average Bonchev–Trinajstić information content (AvgIpc) is 3.22. The summed E-state index contributed by atoms with van der Waals surface area (Å²) >= 11 is 12.4. The Morgan fingerprint density at radius 3 is 2.57 bits per heavy atom. The first kappa shape index (κ1) is 20.7. The molecule has 30 heavy (non-hydrogen) atoms. The second-order valence-corrected chi connectivity index (χ2v) is 9.18. The van der Waals surface area contributed by atoms with Crippen LogP contribution in [-0.2, 0) is 4.79 Å². The number of rotatable bonds is 4. The third-order valence-corrected chi connectivity index (χ3v) is 6.28. The zero-order chi connectivity index (χ0) is 21.4. The van der Waals surface area contributed by atoms with Crippen LogP contribution in [-0.4, -0.2) is 25.7 Å². The van der Waals surface area contributed by atoms with Crippen molar-refractivity contribution in [3.8, 4) is 0 Å². The van der Waals surface area contributed by atoms with Crippen LogP contribution in [0, 0.1) is 0 Å². The number of thioether (sulfide) groups is 1. The van der Waals surface area contributed by atoms with E-state index in [1.807, 2.05) is 30.5 Å². The van der Waals surface area contributed by atoms with Crippen molar-refractivity contribution >= 4 is 68.7 Å². The Hall–Kier alpha value is -2.61. The van der Waals surface area contributed by atoms with Gasteiger partial charge in [-0.1, -0.05) is 41.6 Å². The van der Waals surface area contributed by atoms with E-state index in [0.717, 1.165) is 21.5 Å². The predicted octanol–water partition coefficient (Wildman–Crippen LogP) is 5.42. The molecule has 2 heterocycles. The highest BCUT2D eigenvalue weighted by molar-refractivity contribution is 8.26. The van der Waals surface area contributed by atoms with E-state index in [9.17, 15) is 9.59 Å². The molecule has 1 saturated heterocycles. The molecule has 4 rings (SSSR count). The fourth-order valence-electron chi connectivity index (χ4n) is 3.25. The summed E-state index contributed by atoms with van der Waals surface area (Å²) < 4.78 is 2.45. The standard InChI is InChI=1S/C22H18ClN3O2S2/c1-13(2)25-12-15(17-5-3-4-6-18(17)25)11-19-21(28)26(22(29)30-19)24-20(27)14-7-9-16(23)10-8-14/h3-13H,1-2H3,(H,24,27)/b19-11+. The maximum atomic E-state index is 12.9. The van der Waals surface area contributed by atoms with Crippen LogP contribution in [0.5, 0.6) is 0 Å². The molecule has 8 heteroatoms. The normalized spacial score (nSPS) is 15.6. The van der Waals surface area contributed by atoms with Gasteiger partial charge in [0, 0.05) is 39.3 Å². The number of carbonyl (C=O) groups is 2. The highest BCUT2D eigenvalue weighted by atomic mass is 35.5. The molecule has 2 amide bonds. The van der Waals surface area contributed by atoms with Gasteiger partial charge in [0.2, 0.25) is 0 Å². The summed E-state index contributed by atoms with van der Waals surface area (Å²) in [5.74, 6) is -0.783. The summed E-state index contributed by atoms with van der Waals surface area (Å²) in [6.07, 6.45) is 3.86. The monoisotopic (exact) mass is 455 g/mol. The number of benzene rings is 2. The summed E-state index contributed by atoms with van der Waals surface area (Å²) in [5, 5.41) is 2.70. The molecule has 0 bridgehead atoms. The number of thiocarbonyl (C=S) groups is 1. The number of hydrazine groups is 1. The number of amides is 2. The minimum Gasteiger partial charge on any atom is -0.344 e. The molecule has 2 aromatic carbocycles. The lowest BCUT2D eigenvalue weighted by Gasteiger charge is -2.15. The molecular weight excluding hydrogens is 438 g/mol. The number of hydrogen-bond donors (Lipinski definition) is 1. The smallest absolute Gasteiger partial charge is 0.285 e. The second-order valence-electron chi connectivity index (χ2n) is 7.07. The summed E-state index contributed by atoms with van der Waals surface area (Å²) in [4.78, 5) is 25.9. The molecule has 5 nitrogen and oxygen atoms in total. The van der Waals surface area contributed by atoms with Crippen LogP contribution in [0.2, 0.25) is 5.02 Å². The van der Waals surface area contributed by atoms with Gasteiger partial charge in [0.05, 0.1) is 4.91 Å². The van der Waals surface area contributed by atoms with Gasteiger partial charge in [0.25, 0.3) is 11.8 Å². The van der Waals surface area contributed by atoms with E-state index in [4.69, 9.17) is 23.8 Å². The van der Waals surface area contributed by atoms with Crippen molar-refractivity contribution in [1.82, 2.24) is 15.0 Å². The Kier molecular flexibility index (Phi) is 5.69. The number of para-hydroxylation sites is 1. The highest BCUT2D eigenvalue weighted by Gasteiger charge is 2.34. The fourth-order valence-corrected chi connectivity index (χ4v) is 4.54. The van der Waals surface area contributed by atoms with Gasteiger partial charge in [0.1, 0.15) is 0 Å². The van der Waals surface area contributed by atoms with E-state index >= 15 is 0 Å². The maximum Gasteiger partial charge on any atom is 0.285 e. The largest absolute Gasteiger partial charge is 0.344 e. The number of halogens is 1.